The van der Waals surface area contributed by atoms with Gasteiger partial charge >= 0.3 is 0 Å². The van der Waals surface area contributed by atoms with Crippen LogP contribution in [0.25, 0.3) is 10.8 Å². The Bertz CT molecular complexity index is 1690. The Morgan fingerprint density at radius 2 is 1.50 bits per heavy atom. The van der Waals surface area contributed by atoms with Crippen molar-refractivity contribution in [2.45, 2.75) is 70.6 Å². The van der Waals surface area contributed by atoms with Gasteiger partial charge in [0.2, 0.25) is 5.69 Å². The smallest absolute Gasteiger partial charge is 0.209 e. The zero-order valence-electron chi connectivity index (χ0n) is 26.0. The van der Waals surface area contributed by atoms with Crippen LogP contribution in [0.3, 0.4) is 0 Å². The summed E-state index contributed by atoms with van der Waals surface area (Å²) in [7, 11) is 2.25. The number of unbranched alkanes of at least 4 members (excludes halogenated alkanes) is 2. The van der Waals surface area contributed by atoms with Crippen LogP contribution in [-0.4, -0.2) is 23.9 Å². The van der Waals surface area contributed by atoms with Gasteiger partial charge in [0.25, 0.3) is 0 Å². The van der Waals surface area contributed by atoms with Gasteiger partial charge in [-0.05, 0) is 55.7 Å². The fourth-order valence-electron chi connectivity index (χ4n) is 7.55. The van der Waals surface area contributed by atoms with Gasteiger partial charge < -0.3 is 4.90 Å². The van der Waals surface area contributed by atoms with Gasteiger partial charge in [0, 0.05) is 47.7 Å². The molecule has 2 atom stereocenters. The average molecular weight is 554 g/mol. The summed E-state index contributed by atoms with van der Waals surface area (Å²) in [6.07, 6.45) is 12.9. The minimum absolute atomic E-state index is 0.0318. The number of hydrogen-bond acceptors (Lipinski definition) is 1. The monoisotopic (exact) mass is 553 g/mol. The first-order valence-electron chi connectivity index (χ1n) is 15.9. The highest BCUT2D eigenvalue weighted by Crippen LogP contribution is 2.52. The van der Waals surface area contributed by atoms with Crippen molar-refractivity contribution in [2.24, 2.45) is 0 Å². The standard InChI is InChI=1S/C40H45N2/c1-6-8-16-28-42-35-23-15-14-22-33(35)40(4,29-30-18-10-9-11-19-30)37(42)25-17-24-36-39(3,7-2)34-27-26-31-20-12-13-21-32(31)38(34)41(36)5/h9-15,17-27H,6-8,16,28-29H2,1-5H3/q+1. The second-order valence-corrected chi connectivity index (χ2v) is 12.6. The maximum absolute atomic E-state index is 2.61. The molecule has 4 aromatic rings. The topological polar surface area (TPSA) is 6.25 Å². The lowest BCUT2D eigenvalue weighted by molar-refractivity contribution is -0.438. The van der Waals surface area contributed by atoms with E-state index in [1.54, 1.807) is 0 Å². The van der Waals surface area contributed by atoms with Crippen molar-refractivity contribution in [3.8, 4) is 0 Å². The molecule has 2 aliphatic heterocycles. The van der Waals surface area contributed by atoms with Crippen LogP contribution in [0.15, 0.2) is 115 Å². The molecule has 2 heterocycles. The lowest BCUT2D eigenvalue weighted by Gasteiger charge is -2.27. The quantitative estimate of drug-likeness (QED) is 0.148. The normalized spacial score (nSPS) is 22.5. The van der Waals surface area contributed by atoms with Gasteiger partial charge in [-0.1, -0.05) is 111 Å². The van der Waals surface area contributed by atoms with Gasteiger partial charge in [-0.25, -0.2) is 0 Å². The van der Waals surface area contributed by atoms with Crippen LogP contribution in [0, 0.1) is 0 Å². The zero-order valence-corrected chi connectivity index (χ0v) is 26.0. The van der Waals surface area contributed by atoms with Gasteiger partial charge in [-0.15, -0.1) is 0 Å². The SMILES string of the molecule is CCCCC[N+]1=C(C=CC=C2N(C)c3c(ccc4ccccc34)C2(C)CC)C(C)(Cc2ccccc2)c2ccccc21. The van der Waals surface area contributed by atoms with Crippen molar-refractivity contribution >= 4 is 27.9 Å². The first-order chi connectivity index (χ1) is 20.4. The van der Waals surface area contributed by atoms with E-state index < -0.39 is 0 Å². The van der Waals surface area contributed by atoms with E-state index in [0.717, 1.165) is 19.4 Å². The Morgan fingerprint density at radius 1 is 0.762 bits per heavy atom. The summed E-state index contributed by atoms with van der Waals surface area (Å²) in [5.41, 5.74) is 9.61. The van der Waals surface area contributed by atoms with Crippen molar-refractivity contribution in [1.29, 1.82) is 0 Å². The number of para-hydroxylation sites is 1. The van der Waals surface area contributed by atoms with Crippen LogP contribution in [0.2, 0.25) is 0 Å². The van der Waals surface area contributed by atoms with Crippen LogP contribution in [-0.2, 0) is 17.3 Å². The Hall–Kier alpha value is -3.91. The Balaban J connectivity index is 1.45. The number of fused-ring (bicyclic) bond motifs is 4. The van der Waals surface area contributed by atoms with Gasteiger partial charge in [-0.3, -0.25) is 0 Å². The van der Waals surface area contributed by atoms with E-state index >= 15 is 0 Å². The molecule has 0 saturated carbocycles. The molecular weight excluding hydrogens is 508 g/mol. The van der Waals surface area contributed by atoms with E-state index in [1.807, 2.05) is 0 Å². The van der Waals surface area contributed by atoms with E-state index in [2.05, 4.69) is 153 Å². The number of allylic oxidation sites excluding steroid dienone is 4. The highest BCUT2D eigenvalue weighted by molar-refractivity contribution is 6.04. The van der Waals surface area contributed by atoms with E-state index in [1.165, 1.54) is 69.5 Å². The van der Waals surface area contributed by atoms with Gasteiger partial charge in [0.1, 0.15) is 6.54 Å². The molecular formula is C40H45N2+. The minimum atomic E-state index is -0.103. The highest BCUT2D eigenvalue weighted by atomic mass is 15.2. The molecule has 0 amide bonds. The van der Waals surface area contributed by atoms with Crippen molar-refractivity contribution in [1.82, 2.24) is 0 Å². The van der Waals surface area contributed by atoms with E-state index in [4.69, 9.17) is 0 Å². The van der Waals surface area contributed by atoms with Crippen molar-refractivity contribution in [2.75, 3.05) is 18.5 Å². The van der Waals surface area contributed by atoms with Crippen LogP contribution in [0.5, 0.6) is 0 Å². The number of nitrogens with zero attached hydrogens (tertiary/aromatic N) is 2. The Morgan fingerprint density at radius 3 is 2.29 bits per heavy atom. The molecule has 2 aliphatic rings. The number of rotatable bonds is 9. The fraction of sp³-hybridized carbons (Fsp3) is 0.325. The summed E-state index contributed by atoms with van der Waals surface area (Å²) >= 11 is 0. The summed E-state index contributed by atoms with van der Waals surface area (Å²) in [5, 5.41) is 2.64. The summed E-state index contributed by atoms with van der Waals surface area (Å²) in [6.45, 7) is 10.5. The molecule has 0 bridgehead atoms. The first-order valence-corrected chi connectivity index (χ1v) is 15.9. The van der Waals surface area contributed by atoms with Crippen LogP contribution in [0.4, 0.5) is 11.4 Å². The summed E-state index contributed by atoms with van der Waals surface area (Å²) in [6, 6.07) is 33.5. The van der Waals surface area contributed by atoms with E-state index in [9.17, 15) is 0 Å². The fourth-order valence-corrected chi connectivity index (χ4v) is 7.55. The number of hydrogen-bond donors (Lipinski definition) is 0. The molecule has 0 N–H and O–H groups in total. The van der Waals surface area contributed by atoms with Gasteiger partial charge in [0.15, 0.2) is 5.71 Å². The molecule has 0 saturated heterocycles. The molecule has 0 aliphatic carbocycles. The van der Waals surface area contributed by atoms with E-state index in [-0.39, 0.29) is 10.8 Å². The number of likely N-dealkylation sites (N-methyl/N-ethyl adjacent to an activating group) is 1. The minimum Gasteiger partial charge on any atom is -0.347 e. The molecule has 42 heavy (non-hydrogen) atoms. The lowest BCUT2D eigenvalue weighted by atomic mass is 9.74. The van der Waals surface area contributed by atoms with Gasteiger partial charge in [-0.2, -0.15) is 4.58 Å². The molecule has 4 aromatic carbocycles. The Labute approximate surface area is 252 Å². The van der Waals surface area contributed by atoms with Gasteiger partial charge in [0.05, 0.1) is 11.1 Å². The number of anilines is 1. The summed E-state index contributed by atoms with van der Waals surface area (Å²) in [5.74, 6) is 0. The molecule has 0 aromatic heterocycles. The van der Waals surface area contributed by atoms with E-state index in [0.29, 0.717) is 0 Å². The molecule has 214 valence electrons. The zero-order chi connectivity index (χ0) is 29.3. The van der Waals surface area contributed by atoms with Crippen LogP contribution >= 0.6 is 0 Å². The Kier molecular flexibility index (Phi) is 7.66. The first kappa shape index (κ1) is 28.2. The molecule has 2 heteroatoms. The third kappa shape index (κ3) is 4.62. The molecule has 0 radical (unpaired) electrons. The lowest BCUT2D eigenvalue weighted by Crippen LogP contribution is -2.33. The molecule has 0 spiro atoms. The largest absolute Gasteiger partial charge is 0.347 e. The van der Waals surface area contributed by atoms with Crippen LogP contribution in [0.1, 0.15) is 70.1 Å². The molecule has 2 nitrogen and oxygen atoms in total. The van der Waals surface area contributed by atoms with Crippen molar-refractivity contribution in [3.05, 3.63) is 132 Å². The highest BCUT2D eigenvalue weighted by Gasteiger charge is 2.47. The average Bonchev–Trinajstić information content (AvgIpc) is 3.38. The predicted molar refractivity (Wildman–Crippen MR) is 180 cm³/mol. The van der Waals surface area contributed by atoms with Crippen molar-refractivity contribution in [3.63, 3.8) is 0 Å². The number of benzene rings is 4. The predicted octanol–water partition coefficient (Wildman–Crippen LogP) is 9.89. The second-order valence-electron chi connectivity index (χ2n) is 12.6. The summed E-state index contributed by atoms with van der Waals surface area (Å²) in [4.78, 5) is 2.45. The van der Waals surface area contributed by atoms with Crippen molar-refractivity contribution < 1.29 is 4.58 Å². The van der Waals surface area contributed by atoms with Crippen LogP contribution < -0.4 is 4.90 Å². The third-order valence-corrected chi connectivity index (χ3v) is 10.0. The summed E-state index contributed by atoms with van der Waals surface area (Å²) < 4.78 is 2.61. The second kappa shape index (κ2) is 11.4. The molecule has 0 fully saturated rings. The maximum atomic E-state index is 2.61. The molecule has 2 unspecified atom stereocenters. The third-order valence-electron chi connectivity index (χ3n) is 10.0. The molecule has 6 rings (SSSR count). The maximum Gasteiger partial charge on any atom is 0.209 e.